The number of hydrogen-bond donors (Lipinski definition) is 0. The van der Waals surface area contributed by atoms with Crippen molar-refractivity contribution in [3.05, 3.63) is 13.2 Å². The van der Waals surface area contributed by atoms with Crippen LogP contribution in [0.15, 0.2) is 13.2 Å². The summed E-state index contributed by atoms with van der Waals surface area (Å²) in [5.74, 6) is 8.19. The molecule has 0 saturated heterocycles. The molecule has 130 valence electrons. The lowest BCUT2D eigenvalue weighted by molar-refractivity contribution is 0.0607. The van der Waals surface area contributed by atoms with Gasteiger partial charge in [0.25, 0.3) is 0 Å². The Morgan fingerprint density at radius 1 is 0.682 bits per heavy atom. The second-order valence-electron chi connectivity index (χ2n) is 7.78. The molecule has 22 heavy (non-hydrogen) atoms. The van der Waals surface area contributed by atoms with Crippen LogP contribution in [0, 0.1) is 41.4 Å². The van der Waals surface area contributed by atoms with E-state index >= 15 is 0 Å². The summed E-state index contributed by atoms with van der Waals surface area (Å²) in [6.07, 6.45) is 12.4. The molecule has 0 heteroatoms. The van der Waals surface area contributed by atoms with Crippen molar-refractivity contribution in [3.8, 4) is 0 Å². The summed E-state index contributed by atoms with van der Waals surface area (Å²) in [5, 5.41) is 0. The molecule has 0 aromatic carbocycles. The van der Waals surface area contributed by atoms with Gasteiger partial charge in [0.2, 0.25) is 0 Å². The minimum atomic E-state index is 1.05. The monoisotopic (exact) mass is 306 g/mol. The smallest absolute Gasteiger partial charge is 0.0349 e. The van der Waals surface area contributed by atoms with Crippen LogP contribution in [0.1, 0.15) is 86.0 Å². The molecule has 4 saturated carbocycles. The molecule has 0 aliphatic heterocycles. The van der Waals surface area contributed by atoms with Crippen molar-refractivity contribution in [2.75, 3.05) is 0 Å². The van der Waals surface area contributed by atoms with E-state index in [1.54, 1.807) is 44.9 Å². The van der Waals surface area contributed by atoms with Crippen LogP contribution in [-0.2, 0) is 0 Å². The van der Waals surface area contributed by atoms with Crippen LogP contribution < -0.4 is 0 Å². The Bertz CT molecular complexity index is 294. The Hall–Kier alpha value is -0.260. The minimum Gasteiger partial charge on any atom is -0.106 e. The molecule has 7 atom stereocenters. The Morgan fingerprint density at radius 2 is 1.09 bits per heavy atom. The van der Waals surface area contributed by atoms with Gasteiger partial charge in [0, 0.05) is 0 Å². The van der Waals surface area contributed by atoms with Crippen LogP contribution in [0.5, 0.6) is 0 Å². The molecule has 2 bridgehead atoms. The lowest BCUT2D eigenvalue weighted by Crippen LogP contribution is -2.36. The van der Waals surface area contributed by atoms with E-state index in [0.29, 0.717) is 0 Å². The zero-order valence-electron chi connectivity index (χ0n) is 16.1. The first-order valence-electron chi connectivity index (χ1n) is 10.3. The molecular weight excluding hydrogens is 264 g/mol. The lowest BCUT2D eigenvalue weighted by atomic mass is 9.62. The van der Waals surface area contributed by atoms with Gasteiger partial charge in [-0.2, -0.15) is 0 Å². The van der Waals surface area contributed by atoms with E-state index < -0.39 is 0 Å². The van der Waals surface area contributed by atoms with Crippen molar-refractivity contribution in [2.24, 2.45) is 41.4 Å². The fourth-order valence-electron chi connectivity index (χ4n) is 6.20. The Balaban J connectivity index is 0.000000305. The van der Waals surface area contributed by atoms with Gasteiger partial charge in [0.1, 0.15) is 0 Å². The lowest BCUT2D eigenvalue weighted by Gasteiger charge is -2.43. The third-order valence-corrected chi connectivity index (χ3v) is 6.59. The van der Waals surface area contributed by atoms with Crippen molar-refractivity contribution >= 4 is 0 Å². The van der Waals surface area contributed by atoms with Crippen molar-refractivity contribution in [3.63, 3.8) is 0 Å². The Morgan fingerprint density at radius 3 is 1.64 bits per heavy atom. The van der Waals surface area contributed by atoms with Crippen molar-refractivity contribution in [2.45, 2.75) is 86.0 Å². The van der Waals surface area contributed by atoms with Crippen LogP contribution in [0.2, 0.25) is 0 Å². The van der Waals surface area contributed by atoms with E-state index in [0.717, 1.165) is 5.92 Å². The van der Waals surface area contributed by atoms with Crippen LogP contribution >= 0.6 is 0 Å². The first kappa shape index (κ1) is 19.8. The zero-order valence-corrected chi connectivity index (χ0v) is 16.1. The fraction of sp³-hybridized carbons (Fsp3) is 0.909. The molecule has 7 unspecified atom stereocenters. The molecule has 0 aromatic heterocycles. The van der Waals surface area contributed by atoms with Gasteiger partial charge in [0.15, 0.2) is 0 Å². The summed E-state index contributed by atoms with van der Waals surface area (Å²) in [5.41, 5.74) is 0. The molecule has 4 aliphatic rings. The standard InChI is InChI=1S/C15H24.C3H8.C2H6.C2H4/c1-9-5-6-12-13(7-9)15-8-14(12)10-3-2-4-11(10)15;1-3-2;2*1-2/h9-15H,2-8H2,1H3;3H2,1-2H3;1-2H3;1-2H2. The maximum Gasteiger partial charge on any atom is -0.0349 e. The van der Waals surface area contributed by atoms with E-state index in [1.807, 2.05) is 13.8 Å². The summed E-state index contributed by atoms with van der Waals surface area (Å²) in [7, 11) is 0. The van der Waals surface area contributed by atoms with Gasteiger partial charge in [-0.3, -0.25) is 0 Å². The normalized spacial score (nSPS) is 43.4. The van der Waals surface area contributed by atoms with Gasteiger partial charge < -0.3 is 0 Å². The first-order chi connectivity index (χ1) is 10.8. The molecule has 0 N–H and O–H groups in total. The molecule has 0 heterocycles. The number of fused-ring (bicyclic) bond motifs is 8. The van der Waals surface area contributed by atoms with Crippen molar-refractivity contribution in [1.82, 2.24) is 0 Å². The summed E-state index contributed by atoms with van der Waals surface area (Å²) >= 11 is 0. The third kappa shape index (κ3) is 3.80. The van der Waals surface area contributed by atoms with Crippen LogP contribution in [-0.4, -0.2) is 0 Å². The van der Waals surface area contributed by atoms with Gasteiger partial charge in [-0.15, -0.1) is 13.2 Å². The SMILES string of the molecule is C=C.CC.CC1CCC2C(C1)C1CC2C2CCCC21.CCC. The average molecular weight is 307 g/mol. The molecule has 0 spiro atoms. The largest absolute Gasteiger partial charge is 0.106 e. The molecule has 0 nitrogen and oxygen atoms in total. The molecule has 0 amide bonds. The van der Waals surface area contributed by atoms with E-state index in [1.165, 1.54) is 41.9 Å². The number of hydrogen-bond acceptors (Lipinski definition) is 0. The summed E-state index contributed by atoms with van der Waals surface area (Å²) in [6, 6.07) is 0. The quantitative estimate of drug-likeness (QED) is 0.410. The summed E-state index contributed by atoms with van der Waals surface area (Å²) in [6.45, 7) is 16.7. The molecule has 4 rings (SSSR count). The van der Waals surface area contributed by atoms with Gasteiger partial charge in [0.05, 0.1) is 0 Å². The van der Waals surface area contributed by atoms with Crippen LogP contribution in [0.3, 0.4) is 0 Å². The van der Waals surface area contributed by atoms with Crippen LogP contribution in [0.25, 0.3) is 0 Å². The molecular formula is C22H42. The maximum atomic E-state index is 3.00. The second kappa shape index (κ2) is 9.78. The topological polar surface area (TPSA) is 0 Å². The van der Waals surface area contributed by atoms with Crippen molar-refractivity contribution < 1.29 is 0 Å². The average Bonchev–Trinajstić information content (AvgIpc) is 3.23. The van der Waals surface area contributed by atoms with Crippen LogP contribution in [0.4, 0.5) is 0 Å². The predicted octanol–water partition coefficient (Wildman–Crippen LogP) is 7.35. The van der Waals surface area contributed by atoms with E-state index in [-0.39, 0.29) is 0 Å². The fourth-order valence-corrected chi connectivity index (χ4v) is 6.20. The maximum absolute atomic E-state index is 3.00. The van der Waals surface area contributed by atoms with Gasteiger partial charge in [-0.05, 0) is 73.5 Å². The first-order valence-corrected chi connectivity index (χ1v) is 10.3. The van der Waals surface area contributed by atoms with E-state index in [2.05, 4.69) is 33.9 Å². The summed E-state index contributed by atoms with van der Waals surface area (Å²) < 4.78 is 0. The second-order valence-corrected chi connectivity index (χ2v) is 7.78. The third-order valence-electron chi connectivity index (χ3n) is 6.59. The Labute approximate surface area is 141 Å². The summed E-state index contributed by atoms with van der Waals surface area (Å²) in [4.78, 5) is 0. The number of rotatable bonds is 0. The highest BCUT2D eigenvalue weighted by molar-refractivity contribution is 5.07. The highest BCUT2D eigenvalue weighted by atomic mass is 14.6. The van der Waals surface area contributed by atoms with Gasteiger partial charge in [-0.1, -0.05) is 53.9 Å². The zero-order chi connectivity index (χ0) is 16.7. The highest BCUT2D eigenvalue weighted by Crippen LogP contribution is 2.66. The molecule has 4 aliphatic carbocycles. The molecule has 0 aromatic rings. The van der Waals surface area contributed by atoms with Gasteiger partial charge >= 0.3 is 0 Å². The minimum absolute atomic E-state index is 1.05. The van der Waals surface area contributed by atoms with Crippen molar-refractivity contribution in [1.29, 1.82) is 0 Å². The van der Waals surface area contributed by atoms with E-state index in [9.17, 15) is 0 Å². The predicted molar refractivity (Wildman–Crippen MR) is 101 cm³/mol. The molecule has 0 radical (unpaired) electrons. The van der Waals surface area contributed by atoms with Gasteiger partial charge in [-0.25, -0.2) is 0 Å². The van der Waals surface area contributed by atoms with E-state index in [4.69, 9.17) is 0 Å². The Kier molecular flexibility index (Phi) is 8.80. The highest BCUT2D eigenvalue weighted by Gasteiger charge is 2.58. The molecule has 4 fully saturated rings.